The summed E-state index contributed by atoms with van der Waals surface area (Å²) < 4.78 is 13.7. The number of nitrogens with one attached hydrogen (secondary N) is 1. The van der Waals surface area contributed by atoms with E-state index in [2.05, 4.69) is 5.43 Å². The van der Waals surface area contributed by atoms with Gasteiger partial charge in [-0.1, -0.05) is 17.7 Å². The molecule has 0 aliphatic carbocycles. The number of nitrogens with two attached hydrogens (primary N) is 1. The van der Waals surface area contributed by atoms with Crippen molar-refractivity contribution in [1.29, 1.82) is 0 Å². The Morgan fingerprint density at radius 1 is 1.59 bits per heavy atom. The second kappa shape index (κ2) is 6.05. The molecule has 1 aromatic carbocycles. The molecule has 0 bridgehead atoms. The maximum atomic E-state index is 13.7. The Kier molecular flexibility index (Phi) is 4.68. The largest absolute Gasteiger partial charge is 0.271 e. The standard InChI is InChI=1S/C12H16ClFN2S/c13-10-2-1-8(11(14)6-10)5-12(16-15)9-3-4-17-7-9/h1-2,6,9,12,16H,3-5,7,15H2. The van der Waals surface area contributed by atoms with Crippen molar-refractivity contribution in [3.63, 3.8) is 0 Å². The van der Waals surface area contributed by atoms with Crippen LogP contribution in [0.15, 0.2) is 18.2 Å². The van der Waals surface area contributed by atoms with Gasteiger partial charge in [0, 0.05) is 11.1 Å². The van der Waals surface area contributed by atoms with Crippen molar-refractivity contribution in [1.82, 2.24) is 5.43 Å². The second-order valence-corrected chi connectivity index (χ2v) is 5.92. The van der Waals surface area contributed by atoms with Crippen LogP contribution in [0.1, 0.15) is 12.0 Å². The van der Waals surface area contributed by atoms with E-state index in [0.717, 1.165) is 12.2 Å². The smallest absolute Gasteiger partial charge is 0.127 e. The zero-order valence-electron chi connectivity index (χ0n) is 9.46. The minimum Gasteiger partial charge on any atom is -0.271 e. The number of benzene rings is 1. The van der Waals surface area contributed by atoms with Gasteiger partial charge in [-0.05, 0) is 48.0 Å². The third-order valence-corrected chi connectivity index (χ3v) is 4.63. The van der Waals surface area contributed by atoms with Crippen molar-refractivity contribution in [3.05, 3.63) is 34.6 Å². The van der Waals surface area contributed by atoms with Crippen LogP contribution in [0.4, 0.5) is 4.39 Å². The van der Waals surface area contributed by atoms with Gasteiger partial charge < -0.3 is 0 Å². The molecule has 0 aromatic heterocycles. The third-order valence-electron chi connectivity index (χ3n) is 3.20. The molecule has 3 N–H and O–H groups in total. The van der Waals surface area contributed by atoms with E-state index in [1.54, 1.807) is 12.1 Å². The van der Waals surface area contributed by atoms with Crippen LogP contribution in [0.25, 0.3) is 0 Å². The number of halogens is 2. The Labute approximate surface area is 110 Å². The summed E-state index contributed by atoms with van der Waals surface area (Å²) in [4.78, 5) is 0. The van der Waals surface area contributed by atoms with Crippen molar-refractivity contribution in [2.75, 3.05) is 11.5 Å². The lowest BCUT2D eigenvalue weighted by atomic mass is 9.93. The minimum atomic E-state index is -0.247. The molecule has 5 heteroatoms. The summed E-state index contributed by atoms with van der Waals surface area (Å²) >= 11 is 7.66. The Morgan fingerprint density at radius 2 is 2.41 bits per heavy atom. The molecule has 2 unspecified atom stereocenters. The van der Waals surface area contributed by atoms with E-state index >= 15 is 0 Å². The number of hydrogen-bond donors (Lipinski definition) is 2. The van der Waals surface area contributed by atoms with E-state index in [9.17, 15) is 4.39 Å². The zero-order chi connectivity index (χ0) is 12.3. The molecular weight excluding hydrogens is 259 g/mol. The van der Waals surface area contributed by atoms with E-state index in [0.29, 0.717) is 22.9 Å². The van der Waals surface area contributed by atoms with Gasteiger partial charge in [0.1, 0.15) is 5.82 Å². The first-order valence-corrected chi connectivity index (χ1v) is 7.21. The average molecular weight is 275 g/mol. The van der Waals surface area contributed by atoms with Gasteiger partial charge in [0.15, 0.2) is 0 Å². The fraction of sp³-hybridized carbons (Fsp3) is 0.500. The Balaban J connectivity index is 2.06. The minimum absolute atomic E-state index is 0.140. The average Bonchev–Trinajstić information content (AvgIpc) is 2.81. The molecule has 94 valence electrons. The lowest BCUT2D eigenvalue weighted by Crippen LogP contribution is -2.42. The highest BCUT2D eigenvalue weighted by molar-refractivity contribution is 7.99. The van der Waals surface area contributed by atoms with Gasteiger partial charge in [0.2, 0.25) is 0 Å². The third kappa shape index (κ3) is 3.35. The second-order valence-electron chi connectivity index (χ2n) is 4.34. The van der Waals surface area contributed by atoms with E-state index in [1.165, 1.54) is 11.8 Å². The lowest BCUT2D eigenvalue weighted by Gasteiger charge is -2.22. The topological polar surface area (TPSA) is 38.0 Å². The molecular formula is C12H16ClFN2S. The highest BCUT2D eigenvalue weighted by Crippen LogP contribution is 2.28. The predicted molar refractivity (Wildman–Crippen MR) is 71.7 cm³/mol. The van der Waals surface area contributed by atoms with Gasteiger partial charge in [-0.2, -0.15) is 11.8 Å². The highest BCUT2D eigenvalue weighted by atomic mass is 35.5. The molecule has 2 atom stereocenters. The maximum Gasteiger partial charge on any atom is 0.127 e. The number of hydrogen-bond acceptors (Lipinski definition) is 3. The predicted octanol–water partition coefficient (Wildman–Crippen LogP) is 2.61. The quantitative estimate of drug-likeness (QED) is 0.655. The van der Waals surface area contributed by atoms with Crippen LogP contribution in [0.3, 0.4) is 0 Å². The van der Waals surface area contributed by atoms with Gasteiger partial charge in [-0.3, -0.25) is 11.3 Å². The van der Waals surface area contributed by atoms with E-state index in [4.69, 9.17) is 17.4 Å². The van der Waals surface area contributed by atoms with Crippen LogP contribution < -0.4 is 11.3 Å². The van der Waals surface area contributed by atoms with Crippen LogP contribution in [-0.2, 0) is 6.42 Å². The fourth-order valence-corrected chi connectivity index (χ4v) is 3.65. The van der Waals surface area contributed by atoms with Crippen LogP contribution in [0, 0.1) is 11.7 Å². The SMILES string of the molecule is NNC(Cc1ccc(Cl)cc1F)C1CCSC1. The van der Waals surface area contributed by atoms with Crippen LogP contribution in [0.2, 0.25) is 5.02 Å². The highest BCUT2D eigenvalue weighted by Gasteiger charge is 2.25. The van der Waals surface area contributed by atoms with E-state index in [-0.39, 0.29) is 11.9 Å². The summed E-state index contributed by atoms with van der Waals surface area (Å²) in [5, 5.41) is 0.430. The van der Waals surface area contributed by atoms with Crippen LogP contribution in [0.5, 0.6) is 0 Å². The molecule has 2 nitrogen and oxygen atoms in total. The number of thioether (sulfide) groups is 1. The summed E-state index contributed by atoms with van der Waals surface area (Å²) in [6.07, 6.45) is 1.76. The summed E-state index contributed by atoms with van der Waals surface area (Å²) in [6.45, 7) is 0. The van der Waals surface area contributed by atoms with Crippen molar-refractivity contribution >= 4 is 23.4 Å². The first-order valence-electron chi connectivity index (χ1n) is 5.68. The lowest BCUT2D eigenvalue weighted by molar-refractivity contribution is 0.382. The molecule has 1 aromatic rings. The van der Waals surface area contributed by atoms with Crippen molar-refractivity contribution in [2.45, 2.75) is 18.9 Å². The van der Waals surface area contributed by atoms with E-state index in [1.807, 2.05) is 11.8 Å². The maximum absolute atomic E-state index is 13.7. The molecule has 1 heterocycles. The van der Waals surface area contributed by atoms with E-state index < -0.39 is 0 Å². The molecule has 0 saturated carbocycles. The Bertz CT molecular complexity index is 383. The first-order chi connectivity index (χ1) is 8.20. The summed E-state index contributed by atoms with van der Waals surface area (Å²) in [5.41, 5.74) is 3.50. The van der Waals surface area contributed by atoms with Crippen molar-refractivity contribution in [2.24, 2.45) is 11.8 Å². The molecule has 1 aliphatic rings. The number of rotatable bonds is 4. The van der Waals surface area contributed by atoms with Crippen LogP contribution in [-0.4, -0.2) is 17.5 Å². The summed E-state index contributed by atoms with van der Waals surface area (Å²) in [6, 6.07) is 4.95. The van der Waals surface area contributed by atoms with Crippen molar-refractivity contribution in [3.8, 4) is 0 Å². The van der Waals surface area contributed by atoms with Gasteiger partial charge in [0.25, 0.3) is 0 Å². The zero-order valence-corrected chi connectivity index (χ0v) is 11.0. The first kappa shape index (κ1) is 13.1. The molecule has 0 spiro atoms. The molecule has 2 rings (SSSR count). The van der Waals surface area contributed by atoms with Crippen LogP contribution >= 0.6 is 23.4 Å². The van der Waals surface area contributed by atoms with Gasteiger partial charge in [-0.15, -0.1) is 0 Å². The molecule has 1 fully saturated rings. The van der Waals surface area contributed by atoms with Gasteiger partial charge in [-0.25, -0.2) is 4.39 Å². The molecule has 0 amide bonds. The summed E-state index contributed by atoms with van der Waals surface area (Å²) in [5.74, 6) is 8.13. The molecule has 1 saturated heterocycles. The Morgan fingerprint density at radius 3 is 3.00 bits per heavy atom. The monoisotopic (exact) mass is 274 g/mol. The normalized spacial score (nSPS) is 21.7. The molecule has 17 heavy (non-hydrogen) atoms. The van der Waals surface area contributed by atoms with Crippen molar-refractivity contribution < 1.29 is 4.39 Å². The summed E-state index contributed by atoms with van der Waals surface area (Å²) in [7, 11) is 0. The molecule has 1 aliphatic heterocycles. The van der Waals surface area contributed by atoms with Gasteiger partial charge in [0.05, 0.1) is 0 Å². The number of hydrazine groups is 1. The Hall–Kier alpha value is -0.290. The van der Waals surface area contributed by atoms with Gasteiger partial charge >= 0.3 is 0 Å². The molecule has 0 radical (unpaired) electrons. The fourth-order valence-electron chi connectivity index (χ4n) is 2.16.